The minimum atomic E-state index is -4.72. The second-order valence-electron chi connectivity index (χ2n) is 6.27. The van der Waals surface area contributed by atoms with Gasteiger partial charge >= 0.3 is 12.1 Å². The monoisotopic (exact) mass is 425 g/mol. The van der Waals surface area contributed by atoms with E-state index in [-0.39, 0.29) is 25.2 Å². The van der Waals surface area contributed by atoms with E-state index in [9.17, 15) is 38.0 Å². The summed E-state index contributed by atoms with van der Waals surface area (Å²) < 4.78 is 38.1. The van der Waals surface area contributed by atoms with Crippen LogP contribution >= 0.6 is 0 Å². The SMILES string of the molecule is O=C(CCNc1ccc(C(F)(F)F)cc1[N+](=O)[O-])NCC(C(=O)O)c1ccccc1. The van der Waals surface area contributed by atoms with E-state index in [1.165, 1.54) is 0 Å². The Hall–Kier alpha value is -3.63. The molecule has 0 aliphatic heterocycles. The van der Waals surface area contributed by atoms with Crippen molar-refractivity contribution in [3.05, 3.63) is 69.8 Å². The van der Waals surface area contributed by atoms with Gasteiger partial charge in [-0.2, -0.15) is 13.2 Å². The van der Waals surface area contributed by atoms with E-state index in [0.29, 0.717) is 17.7 Å². The Kier molecular flexibility index (Phi) is 7.34. The molecule has 1 unspecified atom stereocenters. The van der Waals surface area contributed by atoms with Crippen molar-refractivity contribution < 1.29 is 32.8 Å². The Morgan fingerprint density at radius 3 is 2.37 bits per heavy atom. The zero-order valence-electron chi connectivity index (χ0n) is 15.5. The zero-order valence-corrected chi connectivity index (χ0v) is 15.5. The third-order valence-corrected chi connectivity index (χ3v) is 4.19. The molecular weight excluding hydrogens is 407 g/mol. The third kappa shape index (κ3) is 6.19. The van der Waals surface area contributed by atoms with Crippen LogP contribution in [0.2, 0.25) is 0 Å². The Bertz CT molecular complexity index is 919. The van der Waals surface area contributed by atoms with Crippen molar-refractivity contribution in [3.8, 4) is 0 Å². The summed E-state index contributed by atoms with van der Waals surface area (Å²) in [5.41, 5.74) is -1.56. The Labute approximate surface area is 168 Å². The summed E-state index contributed by atoms with van der Waals surface area (Å²) in [5.74, 6) is -2.57. The first-order valence-corrected chi connectivity index (χ1v) is 8.73. The molecule has 0 fully saturated rings. The van der Waals surface area contributed by atoms with Gasteiger partial charge in [0.25, 0.3) is 5.69 Å². The number of nitro groups is 1. The van der Waals surface area contributed by atoms with Crippen LogP contribution in [0.5, 0.6) is 0 Å². The lowest BCUT2D eigenvalue weighted by Gasteiger charge is -2.14. The number of aliphatic carboxylic acids is 1. The third-order valence-electron chi connectivity index (χ3n) is 4.19. The Morgan fingerprint density at radius 2 is 1.80 bits per heavy atom. The molecule has 0 saturated heterocycles. The summed E-state index contributed by atoms with van der Waals surface area (Å²) >= 11 is 0. The summed E-state index contributed by atoms with van der Waals surface area (Å²) in [6, 6.07) is 10.4. The molecule has 3 N–H and O–H groups in total. The van der Waals surface area contributed by atoms with Gasteiger partial charge in [-0.3, -0.25) is 19.7 Å². The van der Waals surface area contributed by atoms with Crippen LogP contribution < -0.4 is 10.6 Å². The first-order valence-electron chi connectivity index (χ1n) is 8.73. The molecule has 0 aliphatic rings. The molecule has 1 atom stereocenters. The Balaban J connectivity index is 1.93. The van der Waals surface area contributed by atoms with Gasteiger partial charge < -0.3 is 15.7 Å². The second kappa shape index (κ2) is 9.72. The number of nitrogens with one attached hydrogen (secondary N) is 2. The predicted octanol–water partition coefficient (Wildman–Crippen LogP) is 3.40. The molecule has 30 heavy (non-hydrogen) atoms. The number of rotatable bonds is 9. The van der Waals surface area contributed by atoms with Crippen LogP contribution in [0.1, 0.15) is 23.5 Å². The number of anilines is 1. The summed E-state index contributed by atoms with van der Waals surface area (Å²) in [6.07, 6.45) is -4.89. The number of carbonyl (C=O) groups is 2. The molecule has 0 saturated carbocycles. The molecule has 2 aromatic carbocycles. The van der Waals surface area contributed by atoms with Crippen LogP contribution in [0.4, 0.5) is 24.5 Å². The molecule has 0 aliphatic carbocycles. The first-order chi connectivity index (χ1) is 14.1. The average molecular weight is 425 g/mol. The van der Waals surface area contributed by atoms with Gasteiger partial charge in [0.05, 0.1) is 16.4 Å². The van der Waals surface area contributed by atoms with Crippen molar-refractivity contribution >= 4 is 23.3 Å². The van der Waals surface area contributed by atoms with E-state index in [0.717, 1.165) is 6.07 Å². The molecule has 0 aromatic heterocycles. The number of nitrogens with zero attached hydrogens (tertiary/aromatic N) is 1. The molecule has 0 spiro atoms. The van der Waals surface area contributed by atoms with Gasteiger partial charge in [0, 0.05) is 25.6 Å². The highest BCUT2D eigenvalue weighted by molar-refractivity contribution is 5.80. The van der Waals surface area contributed by atoms with Gasteiger partial charge in [-0.25, -0.2) is 0 Å². The number of hydrogen-bond acceptors (Lipinski definition) is 5. The summed E-state index contributed by atoms with van der Waals surface area (Å²) in [6.45, 7) is -0.250. The number of benzene rings is 2. The highest BCUT2D eigenvalue weighted by atomic mass is 19.4. The molecule has 2 rings (SSSR count). The molecule has 1 amide bonds. The van der Waals surface area contributed by atoms with Gasteiger partial charge in [0.1, 0.15) is 5.69 Å². The molecule has 160 valence electrons. The molecule has 2 aromatic rings. The van der Waals surface area contributed by atoms with E-state index in [2.05, 4.69) is 10.6 Å². The maximum absolute atomic E-state index is 12.7. The van der Waals surface area contributed by atoms with Crippen molar-refractivity contribution in [2.75, 3.05) is 18.4 Å². The van der Waals surface area contributed by atoms with Crippen LogP contribution in [0.15, 0.2) is 48.5 Å². The van der Waals surface area contributed by atoms with Crippen LogP contribution in [0, 0.1) is 10.1 Å². The quantitative estimate of drug-likeness (QED) is 0.418. The summed E-state index contributed by atoms with van der Waals surface area (Å²) in [4.78, 5) is 33.5. The fourth-order valence-electron chi connectivity index (χ4n) is 2.66. The fourth-order valence-corrected chi connectivity index (χ4v) is 2.66. The molecule has 0 bridgehead atoms. The number of carbonyl (C=O) groups excluding carboxylic acids is 1. The average Bonchev–Trinajstić information content (AvgIpc) is 2.68. The van der Waals surface area contributed by atoms with Crippen LogP contribution in [-0.2, 0) is 15.8 Å². The maximum Gasteiger partial charge on any atom is 0.416 e. The summed E-state index contributed by atoms with van der Waals surface area (Å²) in [5, 5.41) is 25.4. The van der Waals surface area contributed by atoms with Gasteiger partial charge in [-0.15, -0.1) is 0 Å². The number of alkyl halides is 3. The van der Waals surface area contributed by atoms with Crippen molar-refractivity contribution in [3.63, 3.8) is 0 Å². The van der Waals surface area contributed by atoms with Crippen molar-refractivity contribution in [2.24, 2.45) is 0 Å². The molecule has 8 nitrogen and oxygen atoms in total. The van der Waals surface area contributed by atoms with E-state index < -0.39 is 40.1 Å². The second-order valence-corrected chi connectivity index (χ2v) is 6.27. The zero-order chi connectivity index (χ0) is 22.3. The number of carboxylic acids is 1. The van der Waals surface area contributed by atoms with E-state index in [1.54, 1.807) is 30.3 Å². The van der Waals surface area contributed by atoms with Crippen LogP contribution in [0.3, 0.4) is 0 Å². The van der Waals surface area contributed by atoms with Gasteiger partial charge in [-0.1, -0.05) is 30.3 Å². The lowest BCUT2D eigenvalue weighted by atomic mass is 9.99. The van der Waals surface area contributed by atoms with Crippen molar-refractivity contribution in [1.82, 2.24) is 5.32 Å². The first kappa shape index (κ1) is 22.7. The molecule has 11 heteroatoms. The molecule has 0 radical (unpaired) electrons. The van der Waals surface area contributed by atoms with Gasteiger partial charge in [-0.05, 0) is 17.7 Å². The lowest BCUT2D eigenvalue weighted by Crippen LogP contribution is -2.32. The number of halogens is 3. The maximum atomic E-state index is 12.7. The number of amides is 1. The minimum absolute atomic E-state index is 0.0961. The van der Waals surface area contributed by atoms with Crippen molar-refractivity contribution in [1.29, 1.82) is 0 Å². The van der Waals surface area contributed by atoms with Crippen molar-refractivity contribution in [2.45, 2.75) is 18.5 Å². The fraction of sp³-hybridized carbons (Fsp3) is 0.263. The van der Waals surface area contributed by atoms with Crippen LogP contribution in [0.25, 0.3) is 0 Å². The number of hydrogen-bond donors (Lipinski definition) is 3. The van der Waals surface area contributed by atoms with E-state index >= 15 is 0 Å². The van der Waals surface area contributed by atoms with Gasteiger partial charge in [0.2, 0.25) is 5.91 Å². The van der Waals surface area contributed by atoms with E-state index in [4.69, 9.17) is 0 Å². The topological polar surface area (TPSA) is 122 Å². The van der Waals surface area contributed by atoms with Gasteiger partial charge in [0.15, 0.2) is 0 Å². The summed E-state index contributed by atoms with van der Waals surface area (Å²) in [7, 11) is 0. The lowest BCUT2D eigenvalue weighted by molar-refractivity contribution is -0.384. The molecule has 0 heterocycles. The highest BCUT2D eigenvalue weighted by Gasteiger charge is 2.33. The standard InChI is InChI=1S/C19H18F3N3O5/c20-19(21,22)13-6-7-15(16(10-13)25(29)30)23-9-8-17(26)24-11-14(18(27)28)12-4-2-1-3-5-12/h1-7,10,14,23H,8-9,11H2,(H,24,26)(H,27,28). The Morgan fingerprint density at radius 1 is 1.13 bits per heavy atom. The number of carboxylic acid groups (broad SMARTS) is 1. The highest BCUT2D eigenvalue weighted by Crippen LogP contribution is 2.34. The largest absolute Gasteiger partial charge is 0.481 e. The predicted molar refractivity (Wildman–Crippen MR) is 101 cm³/mol. The number of nitro benzene ring substituents is 1. The molecular formula is C19H18F3N3O5. The normalized spacial score (nSPS) is 12.1. The van der Waals surface area contributed by atoms with Crippen LogP contribution in [-0.4, -0.2) is 35.0 Å². The smallest absolute Gasteiger partial charge is 0.416 e. The van der Waals surface area contributed by atoms with E-state index in [1.807, 2.05) is 0 Å². The minimum Gasteiger partial charge on any atom is -0.481 e.